The van der Waals surface area contributed by atoms with Gasteiger partial charge in [0, 0.05) is 0 Å². The molecule has 1 aromatic carbocycles. The molecule has 0 saturated carbocycles. The van der Waals surface area contributed by atoms with Crippen molar-refractivity contribution in [3.8, 4) is 0 Å². The molecule has 0 heterocycles. The van der Waals surface area contributed by atoms with E-state index in [1.165, 1.54) is 44.2 Å². The molecule has 134 valence electrons. The Morgan fingerprint density at radius 2 is 1.19 bits per heavy atom. The first-order valence-electron chi connectivity index (χ1n) is 9.04. The van der Waals surface area contributed by atoms with Crippen molar-refractivity contribution in [3.05, 3.63) is 35.9 Å². The quantitative estimate of drug-likeness (QED) is 0.201. The molecule has 4 nitrogen and oxygen atoms in total. The van der Waals surface area contributed by atoms with E-state index in [-0.39, 0.29) is 71.1 Å². The van der Waals surface area contributed by atoms with Crippen LogP contribution in [-0.4, -0.2) is 11.9 Å². The number of rotatable bonds is 13. The minimum Gasteiger partial charge on any atom is -0.549 e. The Morgan fingerprint density at radius 1 is 0.769 bits per heavy atom. The van der Waals surface area contributed by atoms with Gasteiger partial charge in [0.2, 0.25) is 0 Å². The molecule has 0 fully saturated rings. The molecule has 0 saturated heterocycles. The predicted molar refractivity (Wildman–Crippen MR) is 90.0 cm³/mol. The molecule has 26 heavy (non-hydrogen) atoms. The summed E-state index contributed by atoms with van der Waals surface area (Å²) in [5.74, 6) is -3.18. The maximum absolute atomic E-state index is 11.6. The molecule has 0 N–H and O–H groups in total. The Bertz CT molecular complexity index is 492. The summed E-state index contributed by atoms with van der Waals surface area (Å²) >= 11 is 0. The fraction of sp³-hybridized carbons (Fsp3) is 0.600. The summed E-state index contributed by atoms with van der Waals surface area (Å²) in [4.78, 5) is 23.2. The van der Waals surface area contributed by atoms with Crippen LogP contribution in [0.3, 0.4) is 0 Å². The smallest absolute Gasteiger partial charge is 0.549 e. The SMILES string of the molecule is CCCCCCCCCCCC(C(=O)[O-])(C(=O)[O-])c1ccccc1.[Na+].[Na+]. The zero-order chi connectivity index (χ0) is 17.8. The molecular formula is C20H28Na2O4. The van der Waals surface area contributed by atoms with E-state index in [2.05, 4.69) is 6.92 Å². The van der Waals surface area contributed by atoms with Crippen LogP contribution in [0.5, 0.6) is 0 Å². The van der Waals surface area contributed by atoms with Crippen molar-refractivity contribution in [1.29, 1.82) is 0 Å². The van der Waals surface area contributed by atoms with Crippen molar-refractivity contribution in [1.82, 2.24) is 0 Å². The molecule has 0 aliphatic heterocycles. The number of carbonyl (C=O) groups excluding carboxylic acids is 2. The maximum atomic E-state index is 11.6. The largest absolute Gasteiger partial charge is 1.00 e. The van der Waals surface area contributed by atoms with Gasteiger partial charge in [0.1, 0.15) is 0 Å². The predicted octanol–water partition coefficient (Wildman–Crippen LogP) is -3.65. The molecule has 0 aliphatic carbocycles. The average Bonchev–Trinajstić information content (AvgIpc) is 2.57. The molecule has 0 unspecified atom stereocenters. The summed E-state index contributed by atoms with van der Waals surface area (Å²) in [5, 5.41) is 23.2. The van der Waals surface area contributed by atoms with Gasteiger partial charge in [-0.2, -0.15) is 0 Å². The maximum Gasteiger partial charge on any atom is 1.00 e. The van der Waals surface area contributed by atoms with Crippen molar-refractivity contribution in [2.75, 3.05) is 0 Å². The number of benzene rings is 1. The van der Waals surface area contributed by atoms with Crippen LogP contribution in [0.4, 0.5) is 0 Å². The van der Waals surface area contributed by atoms with Crippen molar-refractivity contribution in [2.45, 2.75) is 76.5 Å². The Balaban J connectivity index is 0. The van der Waals surface area contributed by atoms with E-state index in [4.69, 9.17) is 0 Å². The zero-order valence-corrected chi connectivity index (χ0v) is 20.6. The first-order valence-corrected chi connectivity index (χ1v) is 9.04. The Hall–Kier alpha value is 0.160. The topological polar surface area (TPSA) is 80.3 Å². The minimum atomic E-state index is -2.05. The number of aliphatic carboxylic acids is 2. The summed E-state index contributed by atoms with van der Waals surface area (Å²) in [6, 6.07) is 8.01. The third kappa shape index (κ3) is 8.90. The minimum absolute atomic E-state index is 0. The van der Waals surface area contributed by atoms with Gasteiger partial charge in [-0.15, -0.1) is 0 Å². The third-order valence-corrected chi connectivity index (χ3v) is 4.62. The summed E-state index contributed by atoms with van der Waals surface area (Å²) in [6.07, 6.45) is 9.67. The number of unbranched alkanes of at least 4 members (excludes halogenated alkanes) is 8. The van der Waals surface area contributed by atoms with Crippen LogP contribution in [0.1, 0.15) is 76.7 Å². The number of hydrogen-bond acceptors (Lipinski definition) is 4. The number of hydrogen-bond donors (Lipinski definition) is 0. The number of carbonyl (C=O) groups is 2. The molecule has 0 radical (unpaired) electrons. The third-order valence-electron chi connectivity index (χ3n) is 4.62. The van der Waals surface area contributed by atoms with Gasteiger partial charge in [0.15, 0.2) is 0 Å². The second-order valence-corrected chi connectivity index (χ2v) is 6.42. The van der Waals surface area contributed by atoms with Crippen LogP contribution in [0.15, 0.2) is 30.3 Å². The summed E-state index contributed by atoms with van der Waals surface area (Å²) in [6.45, 7) is 2.19. The zero-order valence-electron chi connectivity index (χ0n) is 16.6. The van der Waals surface area contributed by atoms with E-state index in [0.29, 0.717) is 6.42 Å². The fourth-order valence-corrected chi connectivity index (χ4v) is 3.09. The monoisotopic (exact) mass is 378 g/mol. The Kier molecular flexibility index (Phi) is 17.6. The van der Waals surface area contributed by atoms with E-state index in [0.717, 1.165) is 19.3 Å². The number of carboxylic acid groups (broad SMARTS) is 2. The van der Waals surface area contributed by atoms with Gasteiger partial charge < -0.3 is 19.8 Å². The van der Waals surface area contributed by atoms with Crippen molar-refractivity contribution < 1.29 is 78.9 Å². The van der Waals surface area contributed by atoms with Gasteiger partial charge in [0.05, 0.1) is 17.4 Å². The Labute approximate surface area is 201 Å². The number of carboxylic acids is 2. The van der Waals surface area contributed by atoms with Crippen molar-refractivity contribution in [2.24, 2.45) is 0 Å². The van der Waals surface area contributed by atoms with Gasteiger partial charge >= 0.3 is 59.1 Å². The summed E-state index contributed by atoms with van der Waals surface area (Å²) in [5.41, 5.74) is -1.83. The van der Waals surface area contributed by atoms with Crippen LogP contribution in [0.25, 0.3) is 0 Å². The first kappa shape index (κ1) is 28.4. The standard InChI is InChI=1S/C20H30O4.2Na/c1-2-3-4-5-6-7-8-9-13-16-20(18(21)22,19(23)24)17-14-11-10-12-15-17;;/h10-12,14-15H,2-9,13,16H2,1H3,(H,21,22)(H,23,24);;/q;2*+1/p-2. The Morgan fingerprint density at radius 3 is 1.62 bits per heavy atom. The molecule has 0 spiro atoms. The van der Waals surface area contributed by atoms with E-state index in [1.807, 2.05) is 0 Å². The summed E-state index contributed by atoms with van der Waals surface area (Å²) in [7, 11) is 0. The fourth-order valence-electron chi connectivity index (χ4n) is 3.09. The first-order chi connectivity index (χ1) is 11.6. The second-order valence-electron chi connectivity index (χ2n) is 6.42. The van der Waals surface area contributed by atoms with Gasteiger partial charge in [0.25, 0.3) is 0 Å². The van der Waals surface area contributed by atoms with Gasteiger partial charge in [-0.25, -0.2) is 0 Å². The van der Waals surface area contributed by atoms with Crippen molar-refractivity contribution >= 4 is 11.9 Å². The van der Waals surface area contributed by atoms with E-state index in [1.54, 1.807) is 18.2 Å². The van der Waals surface area contributed by atoms with Crippen LogP contribution < -0.4 is 69.3 Å². The molecular weight excluding hydrogens is 350 g/mol. The van der Waals surface area contributed by atoms with Gasteiger partial charge in [-0.1, -0.05) is 95.0 Å². The molecule has 0 bridgehead atoms. The molecule has 0 aliphatic rings. The van der Waals surface area contributed by atoms with Crippen LogP contribution in [-0.2, 0) is 15.0 Å². The average molecular weight is 378 g/mol. The molecule has 1 aromatic rings. The van der Waals surface area contributed by atoms with Crippen LogP contribution in [0.2, 0.25) is 0 Å². The second kappa shape index (κ2) is 16.1. The molecule has 0 amide bonds. The molecule has 1 rings (SSSR count). The van der Waals surface area contributed by atoms with Crippen LogP contribution >= 0.6 is 0 Å². The van der Waals surface area contributed by atoms with E-state index < -0.39 is 17.4 Å². The van der Waals surface area contributed by atoms with Gasteiger partial charge in [-0.3, -0.25) is 0 Å². The molecule has 0 aromatic heterocycles. The van der Waals surface area contributed by atoms with Crippen LogP contribution in [0, 0.1) is 0 Å². The van der Waals surface area contributed by atoms with Gasteiger partial charge in [-0.05, 0) is 12.0 Å². The van der Waals surface area contributed by atoms with Crippen molar-refractivity contribution in [3.63, 3.8) is 0 Å². The van der Waals surface area contributed by atoms with E-state index in [9.17, 15) is 19.8 Å². The molecule has 6 heteroatoms. The normalized spacial score (nSPS) is 10.5. The summed E-state index contributed by atoms with van der Waals surface area (Å²) < 4.78 is 0. The van der Waals surface area contributed by atoms with E-state index >= 15 is 0 Å². The molecule has 0 atom stereocenters.